The van der Waals surface area contributed by atoms with E-state index in [1.54, 1.807) is 0 Å². The monoisotopic (exact) mass is 299 g/mol. The standard InChI is InChI=1S/C17H24F3N/c1-2-12-21-16(13-6-4-3-5-7-13)14-8-10-15(11-9-14)17(18,19)20/h3-7,14-16,21H,2,8-12H2,1H3. The second-order valence-corrected chi connectivity index (χ2v) is 6.00. The van der Waals surface area contributed by atoms with Crippen LogP contribution < -0.4 is 5.32 Å². The van der Waals surface area contributed by atoms with Gasteiger partial charge in [-0.3, -0.25) is 0 Å². The predicted molar refractivity (Wildman–Crippen MR) is 79.0 cm³/mol. The normalized spacial score (nSPS) is 24.8. The Labute approximate surface area is 124 Å². The SMILES string of the molecule is CCCNC(c1ccccc1)C1CCC(C(F)(F)F)CC1. The first-order valence-electron chi connectivity index (χ1n) is 7.87. The Morgan fingerprint density at radius 3 is 2.24 bits per heavy atom. The Morgan fingerprint density at radius 1 is 1.10 bits per heavy atom. The minimum Gasteiger partial charge on any atom is -0.310 e. The highest BCUT2D eigenvalue weighted by molar-refractivity contribution is 5.20. The van der Waals surface area contributed by atoms with E-state index in [0.29, 0.717) is 18.8 Å². The van der Waals surface area contributed by atoms with Crippen LogP contribution in [-0.2, 0) is 0 Å². The lowest BCUT2D eigenvalue weighted by Crippen LogP contribution is -2.34. The number of benzene rings is 1. The fourth-order valence-electron chi connectivity index (χ4n) is 3.30. The van der Waals surface area contributed by atoms with Gasteiger partial charge in [0.1, 0.15) is 0 Å². The van der Waals surface area contributed by atoms with Gasteiger partial charge < -0.3 is 5.32 Å². The summed E-state index contributed by atoms with van der Waals surface area (Å²) in [6.07, 6.45) is -1.15. The summed E-state index contributed by atoms with van der Waals surface area (Å²) in [6, 6.07) is 10.3. The van der Waals surface area contributed by atoms with E-state index in [1.165, 1.54) is 5.56 Å². The van der Waals surface area contributed by atoms with E-state index in [9.17, 15) is 13.2 Å². The maximum absolute atomic E-state index is 12.8. The molecule has 1 unspecified atom stereocenters. The van der Waals surface area contributed by atoms with Gasteiger partial charge in [0.25, 0.3) is 0 Å². The average Bonchev–Trinajstić information content (AvgIpc) is 2.48. The topological polar surface area (TPSA) is 12.0 Å². The zero-order valence-electron chi connectivity index (χ0n) is 12.5. The molecule has 1 aromatic rings. The second kappa shape index (κ2) is 7.30. The highest BCUT2D eigenvalue weighted by atomic mass is 19.4. The molecule has 1 aliphatic carbocycles. The molecule has 0 saturated heterocycles. The molecule has 2 rings (SSSR count). The zero-order chi connectivity index (χ0) is 15.3. The lowest BCUT2D eigenvalue weighted by molar-refractivity contribution is -0.184. The summed E-state index contributed by atoms with van der Waals surface area (Å²) in [5.41, 5.74) is 1.20. The molecule has 118 valence electrons. The first-order valence-corrected chi connectivity index (χ1v) is 7.87. The van der Waals surface area contributed by atoms with Crippen LogP contribution in [0.2, 0.25) is 0 Å². The first kappa shape index (κ1) is 16.3. The molecule has 21 heavy (non-hydrogen) atoms. The van der Waals surface area contributed by atoms with Crippen LogP contribution in [0.25, 0.3) is 0 Å². The molecule has 0 radical (unpaired) electrons. The average molecular weight is 299 g/mol. The molecule has 0 spiro atoms. The van der Waals surface area contributed by atoms with Crippen molar-refractivity contribution >= 4 is 0 Å². The van der Waals surface area contributed by atoms with Gasteiger partial charge in [-0.1, -0.05) is 37.3 Å². The van der Waals surface area contributed by atoms with Gasteiger partial charge in [0.2, 0.25) is 0 Å². The van der Waals surface area contributed by atoms with Crippen molar-refractivity contribution in [3.63, 3.8) is 0 Å². The summed E-state index contributed by atoms with van der Waals surface area (Å²) < 4.78 is 38.3. The summed E-state index contributed by atoms with van der Waals surface area (Å²) in [7, 11) is 0. The van der Waals surface area contributed by atoms with Crippen molar-refractivity contribution < 1.29 is 13.2 Å². The largest absolute Gasteiger partial charge is 0.391 e. The third kappa shape index (κ3) is 4.47. The van der Waals surface area contributed by atoms with Gasteiger partial charge in [-0.2, -0.15) is 13.2 Å². The zero-order valence-corrected chi connectivity index (χ0v) is 12.5. The van der Waals surface area contributed by atoms with E-state index in [-0.39, 0.29) is 18.9 Å². The Morgan fingerprint density at radius 2 is 1.71 bits per heavy atom. The summed E-state index contributed by atoms with van der Waals surface area (Å²) in [5, 5.41) is 3.53. The Hall–Kier alpha value is -1.03. The lowest BCUT2D eigenvalue weighted by atomic mass is 9.76. The van der Waals surface area contributed by atoms with E-state index in [4.69, 9.17) is 0 Å². The van der Waals surface area contributed by atoms with Gasteiger partial charge >= 0.3 is 6.18 Å². The van der Waals surface area contributed by atoms with Crippen LogP contribution in [0, 0.1) is 11.8 Å². The molecule has 1 atom stereocenters. The summed E-state index contributed by atoms with van der Waals surface area (Å²) in [6.45, 7) is 3.01. The Bertz CT molecular complexity index is 408. The molecule has 1 nitrogen and oxygen atoms in total. The van der Waals surface area contributed by atoms with Crippen molar-refractivity contribution in [1.29, 1.82) is 0 Å². The number of hydrogen-bond donors (Lipinski definition) is 1. The van der Waals surface area contributed by atoms with Gasteiger partial charge in [-0.15, -0.1) is 0 Å². The van der Waals surface area contributed by atoms with Crippen molar-refractivity contribution in [3.8, 4) is 0 Å². The maximum Gasteiger partial charge on any atom is 0.391 e. The number of nitrogens with one attached hydrogen (secondary N) is 1. The quantitative estimate of drug-likeness (QED) is 0.798. The molecule has 1 fully saturated rings. The minimum atomic E-state index is -4.02. The maximum atomic E-state index is 12.8. The summed E-state index contributed by atoms with van der Waals surface area (Å²) >= 11 is 0. The number of alkyl halides is 3. The third-order valence-corrected chi connectivity index (χ3v) is 4.48. The Kier molecular flexibility index (Phi) is 5.68. The van der Waals surface area contributed by atoms with Crippen molar-refractivity contribution in [2.24, 2.45) is 11.8 Å². The van der Waals surface area contributed by atoms with Crippen LogP contribution in [-0.4, -0.2) is 12.7 Å². The molecule has 1 aromatic carbocycles. The molecule has 0 aromatic heterocycles. The molecule has 1 saturated carbocycles. The summed E-state index contributed by atoms with van der Waals surface area (Å²) in [5.74, 6) is -0.797. The van der Waals surface area contributed by atoms with Gasteiger partial charge in [-0.25, -0.2) is 0 Å². The fraction of sp³-hybridized carbons (Fsp3) is 0.647. The van der Waals surface area contributed by atoms with Gasteiger partial charge in [0.15, 0.2) is 0 Å². The van der Waals surface area contributed by atoms with E-state index < -0.39 is 12.1 Å². The van der Waals surface area contributed by atoms with Crippen LogP contribution in [0.15, 0.2) is 30.3 Å². The molecular formula is C17H24F3N. The lowest BCUT2D eigenvalue weighted by Gasteiger charge is -2.35. The highest BCUT2D eigenvalue weighted by Gasteiger charge is 2.42. The summed E-state index contributed by atoms with van der Waals surface area (Å²) in [4.78, 5) is 0. The van der Waals surface area contributed by atoms with Gasteiger partial charge in [-0.05, 0) is 50.1 Å². The molecule has 0 amide bonds. The van der Waals surface area contributed by atoms with E-state index in [0.717, 1.165) is 13.0 Å². The van der Waals surface area contributed by atoms with Gasteiger partial charge in [0, 0.05) is 6.04 Å². The fourth-order valence-corrected chi connectivity index (χ4v) is 3.30. The Balaban J connectivity index is 2.02. The third-order valence-electron chi connectivity index (χ3n) is 4.48. The van der Waals surface area contributed by atoms with Crippen LogP contribution in [0.3, 0.4) is 0 Å². The smallest absolute Gasteiger partial charge is 0.310 e. The molecular weight excluding hydrogens is 275 g/mol. The molecule has 0 bridgehead atoms. The van der Waals surface area contributed by atoms with Crippen molar-refractivity contribution in [3.05, 3.63) is 35.9 Å². The highest BCUT2D eigenvalue weighted by Crippen LogP contribution is 2.43. The molecule has 0 aliphatic heterocycles. The second-order valence-electron chi connectivity index (χ2n) is 6.00. The first-order chi connectivity index (χ1) is 10.0. The van der Waals surface area contributed by atoms with Crippen LogP contribution in [0.4, 0.5) is 13.2 Å². The van der Waals surface area contributed by atoms with Gasteiger partial charge in [0.05, 0.1) is 5.92 Å². The van der Waals surface area contributed by atoms with Crippen LogP contribution >= 0.6 is 0 Å². The van der Waals surface area contributed by atoms with Crippen LogP contribution in [0.1, 0.15) is 50.6 Å². The minimum absolute atomic E-state index is 0.181. The van der Waals surface area contributed by atoms with E-state index in [2.05, 4.69) is 24.4 Å². The number of halogens is 3. The van der Waals surface area contributed by atoms with Crippen molar-refractivity contribution in [2.75, 3.05) is 6.54 Å². The number of rotatable bonds is 5. The van der Waals surface area contributed by atoms with Crippen molar-refractivity contribution in [1.82, 2.24) is 5.32 Å². The van der Waals surface area contributed by atoms with Crippen molar-refractivity contribution in [2.45, 2.75) is 51.2 Å². The molecule has 1 aliphatic rings. The van der Waals surface area contributed by atoms with E-state index in [1.807, 2.05) is 18.2 Å². The molecule has 4 heteroatoms. The molecule has 0 heterocycles. The van der Waals surface area contributed by atoms with Crippen LogP contribution in [0.5, 0.6) is 0 Å². The molecule has 1 N–H and O–H groups in total. The number of hydrogen-bond acceptors (Lipinski definition) is 1. The van der Waals surface area contributed by atoms with E-state index >= 15 is 0 Å². The predicted octanol–water partition coefficient (Wildman–Crippen LogP) is 5.10.